The van der Waals surface area contributed by atoms with E-state index in [1.807, 2.05) is 0 Å². The molecule has 0 aliphatic carbocycles. The molecule has 0 spiro atoms. The van der Waals surface area contributed by atoms with Crippen molar-refractivity contribution in [1.82, 2.24) is 15.0 Å². The predicted octanol–water partition coefficient (Wildman–Crippen LogP) is 1.28. The number of aromatic nitrogens is 2. The van der Waals surface area contributed by atoms with Gasteiger partial charge in [-0.1, -0.05) is 5.16 Å². The smallest absolute Gasteiger partial charge is 0.276 e. The van der Waals surface area contributed by atoms with Crippen LogP contribution in [0.15, 0.2) is 35.1 Å². The molecule has 3 rings (SSSR count). The molecule has 1 amide bonds. The Balaban J connectivity index is 1.81. The van der Waals surface area contributed by atoms with E-state index in [-0.39, 0.29) is 25.3 Å². The third-order valence-corrected chi connectivity index (χ3v) is 3.53. The van der Waals surface area contributed by atoms with Crippen LogP contribution in [-0.4, -0.2) is 51.4 Å². The first-order valence-corrected chi connectivity index (χ1v) is 6.62. The van der Waals surface area contributed by atoms with Crippen molar-refractivity contribution < 1.29 is 18.8 Å². The first kappa shape index (κ1) is 13.7. The molecule has 0 aromatic carbocycles. The van der Waals surface area contributed by atoms with Gasteiger partial charge in [-0.3, -0.25) is 9.78 Å². The Kier molecular flexibility index (Phi) is 3.66. The highest BCUT2D eigenvalue weighted by Crippen LogP contribution is 2.24. The standard InChI is InChI=1S/C14H14FN3O3/c15-10-5-11(8-19)18(7-10)14(20)12-6-13(21-17-12)9-1-3-16-4-2-9/h1-4,6,10-11,19H,5,7-8H2/t10-,11-/m0/s1. The van der Waals surface area contributed by atoms with Crippen molar-refractivity contribution in [2.75, 3.05) is 13.2 Å². The number of likely N-dealkylation sites (tertiary alicyclic amines) is 1. The van der Waals surface area contributed by atoms with Gasteiger partial charge in [-0.2, -0.15) is 0 Å². The van der Waals surface area contributed by atoms with Crippen LogP contribution in [0.4, 0.5) is 4.39 Å². The number of aliphatic hydroxyl groups is 1. The van der Waals surface area contributed by atoms with Crippen LogP contribution in [0.2, 0.25) is 0 Å². The summed E-state index contributed by atoms with van der Waals surface area (Å²) in [6.07, 6.45) is 2.25. The molecule has 0 unspecified atom stereocenters. The van der Waals surface area contributed by atoms with Crippen molar-refractivity contribution in [2.24, 2.45) is 0 Å². The first-order valence-electron chi connectivity index (χ1n) is 6.62. The van der Waals surface area contributed by atoms with E-state index in [4.69, 9.17) is 4.52 Å². The lowest BCUT2D eigenvalue weighted by Crippen LogP contribution is -2.38. The lowest BCUT2D eigenvalue weighted by Gasteiger charge is -2.20. The van der Waals surface area contributed by atoms with E-state index >= 15 is 0 Å². The number of amides is 1. The van der Waals surface area contributed by atoms with E-state index in [1.54, 1.807) is 24.5 Å². The van der Waals surface area contributed by atoms with Crippen molar-refractivity contribution in [3.05, 3.63) is 36.3 Å². The fraction of sp³-hybridized carbons (Fsp3) is 0.357. The van der Waals surface area contributed by atoms with Crippen LogP contribution in [-0.2, 0) is 0 Å². The maximum absolute atomic E-state index is 13.4. The molecule has 1 N–H and O–H groups in total. The molecule has 21 heavy (non-hydrogen) atoms. The zero-order valence-electron chi connectivity index (χ0n) is 11.1. The Morgan fingerprint density at radius 2 is 2.24 bits per heavy atom. The lowest BCUT2D eigenvalue weighted by molar-refractivity contribution is 0.0662. The van der Waals surface area contributed by atoms with Gasteiger partial charge in [0.05, 0.1) is 19.2 Å². The van der Waals surface area contributed by atoms with Gasteiger partial charge in [0.25, 0.3) is 5.91 Å². The minimum absolute atomic E-state index is 0.0263. The van der Waals surface area contributed by atoms with Gasteiger partial charge < -0.3 is 14.5 Å². The SMILES string of the molecule is O=C(c1cc(-c2ccncc2)on1)N1C[C@@H](F)C[C@H]1CO. The molecule has 1 saturated heterocycles. The van der Waals surface area contributed by atoms with Crippen molar-refractivity contribution in [1.29, 1.82) is 0 Å². The number of carbonyl (C=O) groups excluding carboxylic acids is 1. The van der Waals surface area contributed by atoms with Crippen LogP contribution in [0, 0.1) is 0 Å². The maximum atomic E-state index is 13.4. The summed E-state index contributed by atoms with van der Waals surface area (Å²) in [6.45, 7) is -0.289. The Hall–Kier alpha value is -2.28. The summed E-state index contributed by atoms with van der Waals surface area (Å²) in [5.41, 5.74) is 0.856. The molecule has 6 nitrogen and oxygen atoms in total. The van der Waals surface area contributed by atoms with Crippen molar-refractivity contribution >= 4 is 5.91 Å². The molecule has 2 aromatic heterocycles. The van der Waals surface area contributed by atoms with Crippen LogP contribution in [0.1, 0.15) is 16.9 Å². The molecule has 0 radical (unpaired) electrons. The molecular weight excluding hydrogens is 277 g/mol. The Labute approximate surface area is 120 Å². The summed E-state index contributed by atoms with van der Waals surface area (Å²) in [4.78, 5) is 17.5. The van der Waals surface area contributed by atoms with Crippen LogP contribution in [0.3, 0.4) is 0 Å². The van der Waals surface area contributed by atoms with Crippen molar-refractivity contribution in [3.8, 4) is 11.3 Å². The quantitative estimate of drug-likeness (QED) is 0.921. The van der Waals surface area contributed by atoms with E-state index < -0.39 is 18.1 Å². The van der Waals surface area contributed by atoms with Gasteiger partial charge in [-0.15, -0.1) is 0 Å². The number of rotatable bonds is 3. The largest absolute Gasteiger partial charge is 0.394 e. The van der Waals surface area contributed by atoms with E-state index in [2.05, 4.69) is 10.1 Å². The average Bonchev–Trinajstić information content (AvgIpc) is 3.14. The number of alkyl halides is 1. The van der Waals surface area contributed by atoms with Gasteiger partial charge in [0, 0.05) is 30.4 Å². The second-order valence-electron chi connectivity index (χ2n) is 4.94. The summed E-state index contributed by atoms with van der Waals surface area (Å²) in [5.74, 6) is 0.00977. The van der Waals surface area contributed by atoms with Crippen molar-refractivity contribution in [3.63, 3.8) is 0 Å². The van der Waals surface area contributed by atoms with E-state index in [0.717, 1.165) is 5.56 Å². The number of hydrogen-bond donors (Lipinski definition) is 1. The highest BCUT2D eigenvalue weighted by molar-refractivity contribution is 5.93. The molecule has 0 bridgehead atoms. The fourth-order valence-electron chi connectivity index (χ4n) is 2.46. The molecule has 2 aromatic rings. The molecule has 2 atom stereocenters. The number of aliphatic hydroxyl groups excluding tert-OH is 1. The second kappa shape index (κ2) is 5.61. The summed E-state index contributed by atoms with van der Waals surface area (Å²) >= 11 is 0. The van der Waals surface area contributed by atoms with E-state index in [0.29, 0.717) is 5.76 Å². The summed E-state index contributed by atoms with van der Waals surface area (Å²) in [7, 11) is 0. The normalized spacial score (nSPS) is 21.7. The molecule has 3 heterocycles. The molecular formula is C14H14FN3O3. The Bertz CT molecular complexity index is 631. The van der Waals surface area contributed by atoms with Gasteiger partial charge >= 0.3 is 0 Å². The number of hydrogen-bond acceptors (Lipinski definition) is 5. The van der Waals surface area contributed by atoms with Gasteiger partial charge in [-0.25, -0.2) is 4.39 Å². The van der Waals surface area contributed by atoms with Gasteiger partial charge in [-0.05, 0) is 12.1 Å². The molecule has 0 saturated carbocycles. The minimum atomic E-state index is -1.11. The van der Waals surface area contributed by atoms with Crippen LogP contribution in [0.25, 0.3) is 11.3 Å². The molecule has 1 aliphatic heterocycles. The van der Waals surface area contributed by atoms with Gasteiger partial charge in [0.1, 0.15) is 6.17 Å². The van der Waals surface area contributed by atoms with Crippen LogP contribution < -0.4 is 0 Å². The van der Waals surface area contributed by atoms with Gasteiger partial charge in [0.15, 0.2) is 11.5 Å². The third kappa shape index (κ3) is 2.64. The molecule has 7 heteroatoms. The van der Waals surface area contributed by atoms with Crippen molar-refractivity contribution in [2.45, 2.75) is 18.6 Å². The van der Waals surface area contributed by atoms with Crippen LogP contribution in [0.5, 0.6) is 0 Å². The third-order valence-electron chi connectivity index (χ3n) is 3.53. The predicted molar refractivity (Wildman–Crippen MR) is 71.2 cm³/mol. The highest BCUT2D eigenvalue weighted by atomic mass is 19.1. The number of halogens is 1. The van der Waals surface area contributed by atoms with E-state index in [9.17, 15) is 14.3 Å². The Morgan fingerprint density at radius 3 is 2.95 bits per heavy atom. The summed E-state index contributed by atoms with van der Waals surface area (Å²) < 4.78 is 18.5. The minimum Gasteiger partial charge on any atom is -0.394 e. The number of carbonyl (C=O) groups is 1. The molecule has 1 aliphatic rings. The monoisotopic (exact) mass is 291 g/mol. The summed E-state index contributed by atoms with van der Waals surface area (Å²) in [6, 6.07) is 4.48. The maximum Gasteiger partial charge on any atom is 0.276 e. The second-order valence-corrected chi connectivity index (χ2v) is 4.94. The van der Waals surface area contributed by atoms with Crippen LogP contribution >= 0.6 is 0 Å². The zero-order valence-corrected chi connectivity index (χ0v) is 11.1. The summed E-state index contributed by atoms with van der Waals surface area (Å²) in [5, 5.41) is 13.0. The topological polar surface area (TPSA) is 79.5 Å². The lowest BCUT2D eigenvalue weighted by atomic mass is 10.2. The number of pyridine rings is 1. The highest BCUT2D eigenvalue weighted by Gasteiger charge is 2.36. The zero-order chi connectivity index (χ0) is 14.8. The molecule has 1 fully saturated rings. The number of nitrogens with zero attached hydrogens (tertiary/aromatic N) is 3. The molecule has 110 valence electrons. The first-order chi connectivity index (χ1) is 10.2. The Morgan fingerprint density at radius 1 is 1.48 bits per heavy atom. The fourth-order valence-corrected chi connectivity index (χ4v) is 2.46. The van der Waals surface area contributed by atoms with Gasteiger partial charge in [0.2, 0.25) is 0 Å². The average molecular weight is 291 g/mol. The van der Waals surface area contributed by atoms with E-state index in [1.165, 1.54) is 11.0 Å².